The van der Waals surface area contributed by atoms with Crippen LogP contribution < -0.4 is 5.32 Å². The molecule has 0 unspecified atom stereocenters. The molecule has 2 aromatic carbocycles. The molecule has 0 atom stereocenters. The molecule has 29 heavy (non-hydrogen) atoms. The number of anilines is 1. The standard InChI is InChI=1S/C23H21N3O3/c27-22(25-9-11-29-12-10-25)15-26-14-16(17-5-2-4-8-21(17)26)13-19-18-6-1-3-7-20(18)24-23(19)28/h1-8,13-14H,9-12,15H2,(H,24,28). The second kappa shape index (κ2) is 7.22. The van der Waals surface area contributed by atoms with Crippen LogP contribution in [0.1, 0.15) is 11.1 Å². The van der Waals surface area contributed by atoms with Crippen molar-refractivity contribution in [3.8, 4) is 0 Å². The molecule has 146 valence electrons. The molecule has 1 fully saturated rings. The van der Waals surface area contributed by atoms with Crippen molar-refractivity contribution < 1.29 is 14.3 Å². The van der Waals surface area contributed by atoms with Crippen LogP contribution in [0.25, 0.3) is 22.6 Å². The third-order valence-corrected chi connectivity index (χ3v) is 5.50. The Morgan fingerprint density at radius 3 is 2.69 bits per heavy atom. The average Bonchev–Trinajstić information content (AvgIpc) is 3.26. The monoisotopic (exact) mass is 387 g/mol. The van der Waals surface area contributed by atoms with E-state index in [0.717, 1.165) is 27.7 Å². The number of morpholine rings is 1. The highest BCUT2D eigenvalue weighted by Crippen LogP contribution is 2.34. The van der Waals surface area contributed by atoms with Gasteiger partial charge in [-0.05, 0) is 18.2 Å². The SMILES string of the molecule is O=C1Nc2ccccc2C1=Cc1cn(CC(=O)N2CCOCC2)c2ccccc12. The number of carbonyl (C=O) groups excluding carboxylic acids is 2. The van der Waals surface area contributed by atoms with Gasteiger partial charge in [-0.15, -0.1) is 0 Å². The number of hydrogen-bond acceptors (Lipinski definition) is 3. The molecule has 6 nitrogen and oxygen atoms in total. The summed E-state index contributed by atoms with van der Waals surface area (Å²) >= 11 is 0. The van der Waals surface area contributed by atoms with Crippen LogP contribution in [0, 0.1) is 0 Å². The summed E-state index contributed by atoms with van der Waals surface area (Å²) < 4.78 is 7.31. The van der Waals surface area contributed by atoms with Crippen LogP contribution in [0.5, 0.6) is 0 Å². The highest BCUT2D eigenvalue weighted by atomic mass is 16.5. The number of carbonyl (C=O) groups is 2. The third kappa shape index (κ3) is 3.21. The topological polar surface area (TPSA) is 63.6 Å². The summed E-state index contributed by atoms with van der Waals surface area (Å²) in [5, 5.41) is 3.93. The van der Waals surface area contributed by atoms with Crippen LogP contribution in [0.15, 0.2) is 54.7 Å². The van der Waals surface area contributed by atoms with Gasteiger partial charge in [0.2, 0.25) is 5.91 Å². The second-order valence-corrected chi connectivity index (χ2v) is 7.28. The summed E-state index contributed by atoms with van der Waals surface area (Å²) in [7, 11) is 0. The molecule has 0 bridgehead atoms. The Balaban J connectivity index is 1.53. The van der Waals surface area contributed by atoms with Gasteiger partial charge in [0.1, 0.15) is 6.54 Å². The lowest BCUT2D eigenvalue weighted by molar-refractivity contribution is -0.135. The summed E-state index contributed by atoms with van der Waals surface area (Å²) in [6.45, 7) is 2.71. The highest BCUT2D eigenvalue weighted by Gasteiger charge is 2.24. The van der Waals surface area contributed by atoms with Gasteiger partial charge < -0.3 is 19.5 Å². The molecule has 0 radical (unpaired) electrons. The van der Waals surface area contributed by atoms with Crippen LogP contribution in [0.2, 0.25) is 0 Å². The lowest BCUT2D eigenvalue weighted by Crippen LogP contribution is -2.42. The number of nitrogens with one attached hydrogen (secondary N) is 1. The highest BCUT2D eigenvalue weighted by molar-refractivity contribution is 6.35. The molecule has 2 amide bonds. The minimum atomic E-state index is -0.104. The number of nitrogens with zero attached hydrogens (tertiary/aromatic N) is 2. The fourth-order valence-electron chi connectivity index (χ4n) is 4.02. The second-order valence-electron chi connectivity index (χ2n) is 7.28. The van der Waals surface area contributed by atoms with Gasteiger partial charge in [0, 0.05) is 52.6 Å². The van der Waals surface area contributed by atoms with Crippen molar-refractivity contribution >= 4 is 40.1 Å². The lowest BCUT2D eigenvalue weighted by Gasteiger charge is -2.27. The fourth-order valence-corrected chi connectivity index (χ4v) is 4.02. The molecule has 1 N–H and O–H groups in total. The summed E-state index contributed by atoms with van der Waals surface area (Å²) in [6.07, 6.45) is 3.88. The van der Waals surface area contributed by atoms with Crippen LogP contribution in [0.4, 0.5) is 5.69 Å². The van der Waals surface area contributed by atoms with Gasteiger partial charge in [0.15, 0.2) is 0 Å². The molecule has 5 rings (SSSR count). The largest absolute Gasteiger partial charge is 0.378 e. The van der Waals surface area contributed by atoms with Gasteiger partial charge >= 0.3 is 0 Å². The molecule has 0 spiro atoms. The Kier molecular flexibility index (Phi) is 4.41. The zero-order valence-electron chi connectivity index (χ0n) is 15.9. The van der Waals surface area contributed by atoms with E-state index in [0.29, 0.717) is 31.9 Å². The third-order valence-electron chi connectivity index (χ3n) is 5.50. The van der Waals surface area contributed by atoms with E-state index in [2.05, 4.69) is 5.32 Å². The van der Waals surface area contributed by atoms with Crippen molar-refractivity contribution in [2.45, 2.75) is 6.54 Å². The maximum atomic E-state index is 12.8. The molecule has 2 aliphatic rings. The van der Waals surface area contributed by atoms with Crippen molar-refractivity contribution in [1.29, 1.82) is 0 Å². The van der Waals surface area contributed by atoms with Crippen molar-refractivity contribution in [3.05, 3.63) is 65.9 Å². The lowest BCUT2D eigenvalue weighted by atomic mass is 10.0. The predicted molar refractivity (Wildman–Crippen MR) is 112 cm³/mol. The number of hydrogen-bond donors (Lipinski definition) is 1. The quantitative estimate of drug-likeness (QED) is 0.703. The Hall–Kier alpha value is -3.38. The molecular formula is C23H21N3O3. The smallest absolute Gasteiger partial charge is 0.256 e. The number of fused-ring (bicyclic) bond motifs is 2. The summed E-state index contributed by atoms with van der Waals surface area (Å²) in [6, 6.07) is 15.7. The molecule has 6 heteroatoms. The minimum absolute atomic E-state index is 0.0808. The van der Waals surface area contributed by atoms with E-state index in [1.807, 2.05) is 70.3 Å². The van der Waals surface area contributed by atoms with Gasteiger partial charge in [0.25, 0.3) is 5.91 Å². The van der Waals surface area contributed by atoms with E-state index in [-0.39, 0.29) is 18.4 Å². The first-order valence-electron chi connectivity index (χ1n) is 9.76. The van der Waals surface area contributed by atoms with E-state index in [1.165, 1.54) is 0 Å². The zero-order valence-corrected chi connectivity index (χ0v) is 15.9. The fraction of sp³-hybridized carbons (Fsp3) is 0.217. The molecule has 2 aliphatic heterocycles. The van der Waals surface area contributed by atoms with E-state index >= 15 is 0 Å². The van der Waals surface area contributed by atoms with Crippen molar-refractivity contribution in [3.63, 3.8) is 0 Å². The number of para-hydroxylation sites is 2. The Morgan fingerprint density at radius 1 is 1.07 bits per heavy atom. The molecular weight excluding hydrogens is 366 g/mol. The van der Waals surface area contributed by atoms with Crippen molar-refractivity contribution in [1.82, 2.24) is 9.47 Å². The Bertz CT molecular complexity index is 1140. The minimum Gasteiger partial charge on any atom is -0.378 e. The van der Waals surface area contributed by atoms with Gasteiger partial charge in [-0.25, -0.2) is 0 Å². The average molecular weight is 387 g/mol. The van der Waals surface area contributed by atoms with E-state index in [9.17, 15) is 9.59 Å². The van der Waals surface area contributed by atoms with Crippen molar-refractivity contribution in [2.75, 3.05) is 31.6 Å². The van der Waals surface area contributed by atoms with Crippen LogP contribution >= 0.6 is 0 Å². The van der Waals surface area contributed by atoms with E-state index in [1.54, 1.807) is 0 Å². The number of amides is 2. The van der Waals surface area contributed by atoms with Crippen LogP contribution in [0.3, 0.4) is 0 Å². The van der Waals surface area contributed by atoms with E-state index in [4.69, 9.17) is 4.74 Å². The molecule has 0 aliphatic carbocycles. The molecule has 1 saturated heterocycles. The predicted octanol–water partition coefficient (Wildman–Crippen LogP) is 2.99. The number of benzene rings is 2. The number of rotatable bonds is 3. The molecule has 1 aromatic heterocycles. The summed E-state index contributed by atoms with van der Waals surface area (Å²) in [5.41, 5.74) is 4.28. The maximum Gasteiger partial charge on any atom is 0.256 e. The normalized spacial score (nSPS) is 17.6. The Labute approximate surface area is 168 Å². The molecule has 3 heterocycles. The van der Waals surface area contributed by atoms with Crippen LogP contribution in [-0.4, -0.2) is 47.6 Å². The van der Waals surface area contributed by atoms with Gasteiger partial charge in [0.05, 0.1) is 13.2 Å². The molecule has 0 saturated carbocycles. The van der Waals surface area contributed by atoms with Gasteiger partial charge in [-0.1, -0.05) is 36.4 Å². The van der Waals surface area contributed by atoms with Gasteiger partial charge in [-0.2, -0.15) is 0 Å². The van der Waals surface area contributed by atoms with Crippen LogP contribution in [-0.2, 0) is 20.9 Å². The van der Waals surface area contributed by atoms with Crippen molar-refractivity contribution in [2.24, 2.45) is 0 Å². The maximum absolute atomic E-state index is 12.8. The summed E-state index contributed by atoms with van der Waals surface area (Å²) in [4.78, 5) is 27.1. The first-order valence-corrected chi connectivity index (χ1v) is 9.76. The Morgan fingerprint density at radius 2 is 1.83 bits per heavy atom. The first-order chi connectivity index (χ1) is 14.2. The van der Waals surface area contributed by atoms with E-state index < -0.39 is 0 Å². The summed E-state index contributed by atoms with van der Waals surface area (Å²) in [5.74, 6) is -0.0235. The molecule has 3 aromatic rings. The number of aromatic nitrogens is 1. The van der Waals surface area contributed by atoms with Gasteiger partial charge in [-0.3, -0.25) is 9.59 Å². The first kappa shape index (κ1) is 17.7. The number of ether oxygens (including phenoxy) is 1. The zero-order chi connectivity index (χ0) is 19.8.